The molecule has 0 aliphatic heterocycles. The molecule has 3 N–H and O–H groups in total. The number of nitrogens with one attached hydrogen (secondary N) is 2. The van der Waals surface area contributed by atoms with Crippen LogP contribution in [-0.2, 0) is 10.0 Å². The topological polar surface area (TPSA) is 109 Å². The van der Waals surface area contributed by atoms with E-state index in [9.17, 15) is 18.3 Å². The van der Waals surface area contributed by atoms with Crippen LogP contribution in [0.4, 0.5) is 5.69 Å². The number of anilines is 1. The van der Waals surface area contributed by atoms with Crippen LogP contribution in [0.3, 0.4) is 0 Å². The van der Waals surface area contributed by atoms with Crippen LogP contribution in [0.25, 0.3) is 0 Å². The molecule has 1 unspecified atom stereocenters. The van der Waals surface area contributed by atoms with Crippen molar-refractivity contribution in [2.24, 2.45) is 0 Å². The Bertz CT molecular complexity index is 1090. The third kappa shape index (κ3) is 5.04. The van der Waals surface area contributed by atoms with E-state index in [1.54, 1.807) is 30.3 Å². The van der Waals surface area contributed by atoms with Gasteiger partial charge in [0.15, 0.2) is 0 Å². The predicted octanol–water partition coefficient (Wildman–Crippen LogP) is 3.16. The number of hydrogen-bond donors (Lipinski definition) is 3. The van der Waals surface area contributed by atoms with Crippen LogP contribution in [0.2, 0.25) is 0 Å². The van der Waals surface area contributed by atoms with Gasteiger partial charge in [-0.2, -0.15) is 0 Å². The molecule has 0 bridgehead atoms. The van der Waals surface area contributed by atoms with Gasteiger partial charge in [-0.05, 0) is 73.5 Å². The largest absolute Gasteiger partial charge is 0.467 e. The molecule has 1 aromatic heterocycles. The number of sulfonamides is 1. The number of hydrogen-bond acceptors (Lipinski definition) is 5. The molecule has 3 rings (SSSR count). The molecule has 0 saturated carbocycles. The maximum absolute atomic E-state index is 12.5. The molecular weight excluding hydrogens is 392 g/mol. The average molecular weight is 414 g/mol. The maximum Gasteiger partial charge on any atom is 0.261 e. The average Bonchev–Trinajstić information content (AvgIpc) is 3.23. The quantitative estimate of drug-likeness (QED) is 0.550. The van der Waals surface area contributed by atoms with E-state index in [2.05, 4.69) is 10.0 Å². The van der Waals surface area contributed by atoms with Crippen LogP contribution < -0.4 is 10.0 Å². The van der Waals surface area contributed by atoms with Crippen molar-refractivity contribution in [2.75, 3.05) is 11.3 Å². The first-order chi connectivity index (χ1) is 13.8. The van der Waals surface area contributed by atoms with Gasteiger partial charge in [-0.25, -0.2) is 8.42 Å². The van der Waals surface area contributed by atoms with E-state index in [0.29, 0.717) is 17.0 Å². The van der Waals surface area contributed by atoms with Crippen LogP contribution in [0.5, 0.6) is 0 Å². The van der Waals surface area contributed by atoms with Crippen LogP contribution in [-0.4, -0.2) is 26.0 Å². The maximum atomic E-state index is 12.5. The molecule has 0 spiro atoms. The zero-order chi connectivity index (χ0) is 21.0. The van der Waals surface area contributed by atoms with Crippen molar-refractivity contribution in [2.45, 2.75) is 24.8 Å². The summed E-state index contributed by atoms with van der Waals surface area (Å²) in [6.45, 7) is 3.76. The molecule has 0 fully saturated rings. The lowest BCUT2D eigenvalue weighted by Crippen LogP contribution is -2.28. The summed E-state index contributed by atoms with van der Waals surface area (Å²) in [6.07, 6.45) is 0.496. The number of aliphatic hydroxyl groups excluding tert-OH is 1. The molecular formula is C21H22N2O5S. The molecule has 0 aliphatic rings. The van der Waals surface area contributed by atoms with Crippen LogP contribution >= 0.6 is 0 Å². The van der Waals surface area contributed by atoms with Crippen molar-refractivity contribution in [3.63, 3.8) is 0 Å². The van der Waals surface area contributed by atoms with Crippen molar-refractivity contribution in [3.8, 4) is 0 Å². The third-order valence-corrected chi connectivity index (χ3v) is 5.89. The molecule has 1 amide bonds. The van der Waals surface area contributed by atoms with E-state index < -0.39 is 16.1 Å². The Morgan fingerprint density at radius 3 is 2.41 bits per heavy atom. The second-order valence-electron chi connectivity index (χ2n) is 6.67. The number of carbonyl (C=O) groups excluding carboxylic acids is 1. The Morgan fingerprint density at radius 2 is 1.79 bits per heavy atom. The predicted molar refractivity (Wildman–Crippen MR) is 109 cm³/mol. The number of furan rings is 1. The first-order valence-corrected chi connectivity index (χ1v) is 10.4. The molecule has 7 nitrogen and oxygen atoms in total. The molecule has 1 atom stereocenters. The van der Waals surface area contributed by atoms with Crippen molar-refractivity contribution in [1.82, 2.24) is 5.32 Å². The Morgan fingerprint density at radius 1 is 1.07 bits per heavy atom. The molecule has 1 heterocycles. The smallest absolute Gasteiger partial charge is 0.261 e. The molecule has 29 heavy (non-hydrogen) atoms. The fraction of sp³-hybridized carbons (Fsp3) is 0.190. The summed E-state index contributed by atoms with van der Waals surface area (Å²) in [5.41, 5.74) is 2.58. The van der Waals surface area contributed by atoms with Crippen molar-refractivity contribution in [1.29, 1.82) is 0 Å². The number of rotatable bonds is 7. The summed E-state index contributed by atoms with van der Waals surface area (Å²) >= 11 is 0. The Hall–Kier alpha value is -3.10. The zero-order valence-corrected chi connectivity index (χ0v) is 16.9. The third-order valence-electron chi connectivity index (χ3n) is 4.52. The molecule has 0 radical (unpaired) electrons. The molecule has 0 aliphatic carbocycles. The van der Waals surface area contributed by atoms with Gasteiger partial charge in [-0.15, -0.1) is 0 Å². The van der Waals surface area contributed by atoms with Crippen molar-refractivity contribution in [3.05, 3.63) is 83.3 Å². The highest BCUT2D eigenvalue weighted by molar-refractivity contribution is 7.92. The van der Waals surface area contributed by atoms with Crippen LogP contribution in [0.1, 0.15) is 33.3 Å². The van der Waals surface area contributed by atoms with Crippen LogP contribution in [0, 0.1) is 13.8 Å². The minimum Gasteiger partial charge on any atom is -0.467 e. The standard InChI is InChI=1S/C21H22N2O5S/c1-14-5-10-18(12-15(14)2)29(26,27)23-17-8-6-16(7-9-17)21(25)22-13-19(24)20-4-3-11-28-20/h3-12,19,23-24H,13H2,1-2H3,(H,22,25). The number of amides is 1. The monoisotopic (exact) mass is 414 g/mol. The molecule has 8 heteroatoms. The van der Waals surface area contributed by atoms with Gasteiger partial charge in [-0.1, -0.05) is 6.07 Å². The second kappa shape index (κ2) is 8.50. The summed E-state index contributed by atoms with van der Waals surface area (Å²) in [6, 6.07) is 14.2. The van der Waals surface area contributed by atoms with Crippen molar-refractivity contribution >= 4 is 21.6 Å². The first-order valence-electron chi connectivity index (χ1n) is 8.96. The summed E-state index contributed by atoms with van der Waals surface area (Å²) in [4.78, 5) is 12.4. The van der Waals surface area contributed by atoms with Gasteiger partial charge in [-0.3, -0.25) is 9.52 Å². The summed E-state index contributed by atoms with van der Waals surface area (Å²) in [5.74, 6) is -0.0273. The second-order valence-corrected chi connectivity index (χ2v) is 8.35. The van der Waals surface area contributed by atoms with Gasteiger partial charge in [0, 0.05) is 11.3 Å². The highest BCUT2D eigenvalue weighted by atomic mass is 32.2. The molecule has 3 aromatic rings. The molecule has 152 valence electrons. The van der Waals surface area contributed by atoms with Gasteiger partial charge in [0.25, 0.3) is 15.9 Å². The van der Waals surface area contributed by atoms with E-state index in [0.717, 1.165) is 11.1 Å². The van der Waals surface area contributed by atoms with Gasteiger partial charge in [0.1, 0.15) is 11.9 Å². The van der Waals surface area contributed by atoms with Crippen LogP contribution in [0.15, 0.2) is 70.2 Å². The Labute approximate surface area is 169 Å². The lowest BCUT2D eigenvalue weighted by atomic mass is 10.1. The number of carbonyl (C=O) groups is 1. The Kier molecular flexibility index (Phi) is 6.05. The summed E-state index contributed by atoms with van der Waals surface area (Å²) in [7, 11) is -3.73. The zero-order valence-electron chi connectivity index (χ0n) is 16.0. The number of benzene rings is 2. The summed E-state index contributed by atoms with van der Waals surface area (Å²) in [5, 5.41) is 12.5. The fourth-order valence-corrected chi connectivity index (χ4v) is 3.80. The van der Waals surface area contributed by atoms with Gasteiger partial charge in [0.05, 0.1) is 17.7 Å². The van der Waals surface area contributed by atoms with Gasteiger partial charge < -0.3 is 14.8 Å². The van der Waals surface area contributed by atoms with Gasteiger partial charge in [0.2, 0.25) is 0 Å². The fourth-order valence-electron chi connectivity index (χ4n) is 2.66. The van der Waals surface area contributed by atoms with Gasteiger partial charge >= 0.3 is 0 Å². The minimum absolute atomic E-state index is 0.00645. The number of aliphatic hydroxyl groups is 1. The normalized spacial score (nSPS) is 12.4. The highest BCUT2D eigenvalue weighted by Crippen LogP contribution is 2.19. The summed E-state index contributed by atoms with van der Waals surface area (Å²) < 4.78 is 32.7. The van der Waals surface area contributed by atoms with E-state index in [-0.39, 0.29) is 17.3 Å². The Balaban J connectivity index is 1.63. The minimum atomic E-state index is -3.73. The highest BCUT2D eigenvalue weighted by Gasteiger charge is 2.16. The SMILES string of the molecule is Cc1ccc(S(=O)(=O)Nc2ccc(C(=O)NCC(O)c3ccco3)cc2)cc1C. The lowest BCUT2D eigenvalue weighted by Gasteiger charge is -2.11. The molecule has 0 saturated heterocycles. The molecule has 2 aromatic carbocycles. The van der Waals surface area contributed by atoms with Crippen molar-refractivity contribution < 1.29 is 22.7 Å². The lowest BCUT2D eigenvalue weighted by molar-refractivity contribution is 0.0901. The van der Waals surface area contributed by atoms with E-state index >= 15 is 0 Å². The van der Waals surface area contributed by atoms with E-state index in [1.165, 1.54) is 30.5 Å². The number of aryl methyl sites for hydroxylation is 2. The van der Waals surface area contributed by atoms with E-state index in [4.69, 9.17) is 4.42 Å². The van der Waals surface area contributed by atoms with E-state index in [1.807, 2.05) is 13.8 Å². The first kappa shape index (κ1) is 20.6.